The molecule has 0 aromatic heterocycles. The van der Waals surface area contributed by atoms with Crippen LogP contribution < -0.4 is 0 Å². The van der Waals surface area contributed by atoms with Gasteiger partial charge < -0.3 is 13.7 Å². The Balaban J connectivity index is 5.04. The molecule has 0 saturated carbocycles. The SMILES string of the molecule is C#CC(CCC(CCC(C#C)S(=O)[O-])C(C#C)S(=O)[O-])S(=O)[O-]. The Bertz CT molecular complexity index is 547. The van der Waals surface area contributed by atoms with Crippen molar-refractivity contribution in [3.05, 3.63) is 0 Å². The lowest BCUT2D eigenvalue weighted by Gasteiger charge is -2.27. The van der Waals surface area contributed by atoms with Gasteiger partial charge in [-0.25, -0.2) is 0 Å². The maximum atomic E-state index is 11.2. The molecule has 0 fully saturated rings. The van der Waals surface area contributed by atoms with Crippen molar-refractivity contribution < 1.29 is 26.3 Å². The molecule has 0 aromatic rings. The molecule has 0 aliphatic carbocycles. The molecule has 0 aliphatic heterocycles. The highest BCUT2D eigenvalue weighted by Gasteiger charge is 2.23. The standard InChI is InChI=1S/C14H18O6S3/c1-4-12(21(15)16)9-7-11(14(6-3)23(19)20)8-10-13(5-2)22(17)18/h1-3,11-14H,7-10H2,(H,15,16)(H,17,18)(H,19,20)/p-3. The summed E-state index contributed by atoms with van der Waals surface area (Å²) < 4.78 is 66.0. The van der Waals surface area contributed by atoms with Gasteiger partial charge in [-0.15, -0.1) is 19.3 Å². The zero-order valence-corrected chi connectivity index (χ0v) is 14.5. The van der Waals surface area contributed by atoms with E-state index in [2.05, 4.69) is 17.8 Å². The largest absolute Gasteiger partial charge is 0.771 e. The number of hydrogen-bond donors (Lipinski definition) is 0. The maximum Gasteiger partial charge on any atom is 0.0849 e. The first-order valence-corrected chi connectivity index (χ1v) is 9.82. The monoisotopic (exact) mass is 375 g/mol. The minimum Gasteiger partial charge on any atom is -0.771 e. The molecule has 23 heavy (non-hydrogen) atoms. The van der Waals surface area contributed by atoms with Gasteiger partial charge in [-0.3, -0.25) is 12.6 Å². The van der Waals surface area contributed by atoms with E-state index >= 15 is 0 Å². The van der Waals surface area contributed by atoms with Gasteiger partial charge in [0.15, 0.2) is 0 Å². The van der Waals surface area contributed by atoms with E-state index in [-0.39, 0.29) is 25.7 Å². The Kier molecular flexibility index (Phi) is 11.0. The van der Waals surface area contributed by atoms with Gasteiger partial charge in [-0.1, -0.05) is 17.8 Å². The summed E-state index contributed by atoms with van der Waals surface area (Å²) in [5.74, 6) is 5.65. The van der Waals surface area contributed by atoms with Crippen molar-refractivity contribution in [1.82, 2.24) is 0 Å². The molecule has 0 bridgehead atoms. The first-order valence-electron chi connectivity index (χ1n) is 6.41. The van der Waals surface area contributed by atoms with Crippen molar-refractivity contribution in [2.75, 3.05) is 0 Å². The Morgan fingerprint density at radius 2 is 1.09 bits per heavy atom. The van der Waals surface area contributed by atoms with Crippen molar-refractivity contribution in [3.63, 3.8) is 0 Å². The van der Waals surface area contributed by atoms with Gasteiger partial charge in [0.1, 0.15) is 0 Å². The average Bonchev–Trinajstić information content (AvgIpc) is 2.47. The van der Waals surface area contributed by atoms with Crippen molar-refractivity contribution in [3.8, 4) is 37.0 Å². The summed E-state index contributed by atoms with van der Waals surface area (Å²) in [4.78, 5) is 0. The minimum absolute atomic E-state index is 0.0217. The molecule has 6 atom stereocenters. The zero-order valence-electron chi connectivity index (χ0n) is 12.0. The molecule has 6 unspecified atom stereocenters. The second-order valence-electron chi connectivity index (χ2n) is 4.59. The van der Waals surface area contributed by atoms with Gasteiger partial charge in [0, 0.05) is 0 Å². The van der Waals surface area contributed by atoms with Crippen LogP contribution in [0.25, 0.3) is 0 Å². The predicted molar refractivity (Wildman–Crippen MR) is 86.6 cm³/mol. The van der Waals surface area contributed by atoms with E-state index in [0.29, 0.717) is 0 Å². The molecule has 0 radical (unpaired) electrons. The van der Waals surface area contributed by atoms with Crippen LogP contribution >= 0.6 is 0 Å². The van der Waals surface area contributed by atoms with Crippen molar-refractivity contribution in [2.45, 2.75) is 41.4 Å². The van der Waals surface area contributed by atoms with E-state index in [1.807, 2.05) is 0 Å². The second-order valence-corrected chi connectivity index (χ2v) is 7.80. The third-order valence-electron chi connectivity index (χ3n) is 3.24. The molecule has 0 aromatic carbocycles. The fourth-order valence-electron chi connectivity index (χ4n) is 2.00. The van der Waals surface area contributed by atoms with Gasteiger partial charge in [0.2, 0.25) is 0 Å². The number of terminal acetylenes is 3. The van der Waals surface area contributed by atoms with Crippen LogP contribution in [0.1, 0.15) is 25.7 Å². The maximum absolute atomic E-state index is 11.2. The summed E-state index contributed by atoms with van der Waals surface area (Å²) in [6.45, 7) is 0. The van der Waals surface area contributed by atoms with E-state index < -0.39 is 54.9 Å². The molecule has 0 aliphatic rings. The van der Waals surface area contributed by atoms with Crippen LogP contribution in [0, 0.1) is 42.9 Å². The molecule has 0 rings (SSSR count). The zero-order chi connectivity index (χ0) is 18.0. The Morgan fingerprint density at radius 1 is 0.696 bits per heavy atom. The Hall–Kier alpha value is -0.990. The van der Waals surface area contributed by atoms with Crippen LogP contribution in [0.4, 0.5) is 0 Å². The van der Waals surface area contributed by atoms with Crippen LogP contribution in [0.3, 0.4) is 0 Å². The number of rotatable bonds is 10. The van der Waals surface area contributed by atoms with Crippen LogP contribution in [0.15, 0.2) is 0 Å². The fourth-order valence-corrected chi connectivity index (χ4v) is 3.57. The molecule has 128 valence electrons. The Morgan fingerprint density at radius 3 is 1.30 bits per heavy atom. The van der Waals surface area contributed by atoms with Gasteiger partial charge in [-0.05, 0) is 64.8 Å². The van der Waals surface area contributed by atoms with E-state index in [0.717, 1.165) is 0 Å². The van der Waals surface area contributed by atoms with Gasteiger partial charge >= 0.3 is 0 Å². The molecule has 0 saturated heterocycles. The van der Waals surface area contributed by atoms with Crippen molar-refractivity contribution >= 4 is 33.2 Å². The van der Waals surface area contributed by atoms with E-state index in [1.165, 1.54) is 0 Å². The third kappa shape index (κ3) is 7.90. The highest BCUT2D eigenvalue weighted by molar-refractivity contribution is 7.80. The van der Waals surface area contributed by atoms with E-state index in [4.69, 9.17) is 19.3 Å². The van der Waals surface area contributed by atoms with E-state index in [1.54, 1.807) is 0 Å². The van der Waals surface area contributed by atoms with Gasteiger partial charge in [-0.2, -0.15) is 0 Å². The topological polar surface area (TPSA) is 120 Å². The molecule has 0 N–H and O–H groups in total. The van der Waals surface area contributed by atoms with Gasteiger partial charge in [0.05, 0.1) is 15.7 Å². The van der Waals surface area contributed by atoms with Crippen LogP contribution in [-0.4, -0.2) is 42.0 Å². The van der Waals surface area contributed by atoms with Crippen LogP contribution in [0.2, 0.25) is 0 Å². The first kappa shape index (κ1) is 22.0. The van der Waals surface area contributed by atoms with Crippen LogP contribution in [0.5, 0.6) is 0 Å². The van der Waals surface area contributed by atoms with Crippen molar-refractivity contribution in [2.24, 2.45) is 5.92 Å². The highest BCUT2D eigenvalue weighted by atomic mass is 32.2. The fraction of sp³-hybridized carbons (Fsp3) is 0.571. The second kappa shape index (κ2) is 11.5. The summed E-state index contributed by atoms with van der Waals surface area (Å²) in [5, 5.41) is -3.30. The summed E-state index contributed by atoms with van der Waals surface area (Å²) >= 11 is -7.57. The van der Waals surface area contributed by atoms with Crippen LogP contribution in [-0.2, 0) is 33.2 Å². The summed E-state index contributed by atoms with van der Waals surface area (Å²) in [6.07, 6.45) is 15.7. The summed E-state index contributed by atoms with van der Waals surface area (Å²) in [5.41, 5.74) is 0. The van der Waals surface area contributed by atoms with Gasteiger partial charge in [0.25, 0.3) is 0 Å². The lowest BCUT2D eigenvalue weighted by atomic mass is 9.92. The Labute approximate surface area is 144 Å². The summed E-state index contributed by atoms with van der Waals surface area (Å²) in [7, 11) is 0. The highest BCUT2D eigenvalue weighted by Crippen LogP contribution is 2.24. The molecular formula is C14H15O6S3-3. The molecule has 0 amide bonds. The molecule has 9 heteroatoms. The average molecular weight is 375 g/mol. The number of hydrogen-bond acceptors (Lipinski definition) is 6. The predicted octanol–water partition coefficient (Wildman–Crippen LogP) is -0.194. The molecule has 0 spiro atoms. The lowest BCUT2D eigenvalue weighted by Crippen LogP contribution is -2.27. The van der Waals surface area contributed by atoms with Crippen molar-refractivity contribution in [1.29, 1.82) is 0 Å². The quantitative estimate of drug-likeness (QED) is 0.385. The molecule has 0 heterocycles. The minimum atomic E-state index is -2.59. The summed E-state index contributed by atoms with van der Waals surface area (Å²) in [6, 6.07) is 0. The lowest BCUT2D eigenvalue weighted by molar-refractivity contribution is 0.418. The normalized spacial score (nSPS) is 19.8. The molecular weight excluding hydrogens is 360 g/mol. The third-order valence-corrected chi connectivity index (χ3v) is 5.84. The smallest absolute Gasteiger partial charge is 0.0849 e. The molecule has 6 nitrogen and oxygen atoms in total. The first-order chi connectivity index (χ1) is 10.8. The van der Waals surface area contributed by atoms with E-state index in [9.17, 15) is 26.3 Å².